The average Bonchev–Trinajstić information content (AvgIpc) is 2.48. The first-order chi connectivity index (χ1) is 10.5. The molecule has 1 N–H and O–H groups in total. The fourth-order valence-corrected chi connectivity index (χ4v) is 2.10. The Bertz CT molecular complexity index is 639. The minimum absolute atomic E-state index is 0.0186. The summed E-state index contributed by atoms with van der Waals surface area (Å²) in [5.74, 6) is -2.28. The number of nitrogens with one attached hydrogen (secondary N) is 1. The van der Waals surface area contributed by atoms with Gasteiger partial charge in [-0.05, 0) is 31.9 Å². The third kappa shape index (κ3) is 3.05. The number of benzene rings is 1. The lowest BCUT2D eigenvalue weighted by Gasteiger charge is -2.29. The molecule has 1 aliphatic rings. The summed E-state index contributed by atoms with van der Waals surface area (Å²) in [5.41, 5.74) is 1.25. The van der Waals surface area contributed by atoms with Gasteiger partial charge < -0.3 is 0 Å². The minimum atomic E-state index is -1.08. The van der Waals surface area contributed by atoms with E-state index >= 15 is 0 Å². The number of rotatable bonds is 4. The van der Waals surface area contributed by atoms with Crippen LogP contribution in [0.25, 0.3) is 0 Å². The van der Waals surface area contributed by atoms with Crippen LogP contribution in [0.5, 0.6) is 0 Å². The number of aryl methyl sites for hydroxylation is 1. The van der Waals surface area contributed by atoms with E-state index < -0.39 is 23.8 Å². The number of nitrogens with zero attached hydrogens (tertiary/aromatic N) is 2. The topological polar surface area (TPSA) is 78.8 Å². The summed E-state index contributed by atoms with van der Waals surface area (Å²) in [5, 5.41) is 2.21. The van der Waals surface area contributed by atoms with E-state index in [1.54, 1.807) is 25.1 Å². The van der Waals surface area contributed by atoms with Gasteiger partial charge in [0.2, 0.25) is 5.91 Å². The number of hydrogen-bond acceptors (Lipinski definition) is 4. The molecule has 6 nitrogen and oxygen atoms in total. The Hall–Kier alpha value is -2.50. The lowest BCUT2D eigenvalue weighted by molar-refractivity contribution is -0.131. The summed E-state index contributed by atoms with van der Waals surface area (Å²) >= 11 is 0. The number of carbonyl (C=O) groups excluding carboxylic acids is 3. The Morgan fingerprint density at radius 1 is 1.32 bits per heavy atom. The molecule has 2 rings (SSSR count). The first kappa shape index (κ1) is 15.9. The quantitative estimate of drug-likeness (QED) is 0.683. The number of barbiturate groups is 1. The molecule has 116 valence electrons. The Kier molecular flexibility index (Phi) is 4.70. The van der Waals surface area contributed by atoms with Crippen LogP contribution in [0.1, 0.15) is 25.8 Å². The molecule has 0 aliphatic carbocycles. The smallest absolute Gasteiger partial charge is 0.293 e. The van der Waals surface area contributed by atoms with E-state index in [0.29, 0.717) is 5.69 Å². The van der Waals surface area contributed by atoms with Crippen molar-refractivity contribution >= 4 is 29.7 Å². The highest BCUT2D eigenvalue weighted by atomic mass is 16.2. The molecular formula is C16H19N3O3. The monoisotopic (exact) mass is 301 g/mol. The first-order valence-electron chi connectivity index (χ1n) is 7.23. The van der Waals surface area contributed by atoms with E-state index in [4.69, 9.17) is 0 Å². The molecule has 0 radical (unpaired) electrons. The van der Waals surface area contributed by atoms with E-state index in [9.17, 15) is 14.4 Å². The molecule has 1 heterocycles. The van der Waals surface area contributed by atoms with Crippen LogP contribution in [0, 0.1) is 12.8 Å². The third-order valence-corrected chi connectivity index (χ3v) is 3.64. The van der Waals surface area contributed by atoms with E-state index in [2.05, 4.69) is 10.3 Å². The van der Waals surface area contributed by atoms with Crippen molar-refractivity contribution in [3.05, 3.63) is 29.8 Å². The third-order valence-electron chi connectivity index (χ3n) is 3.64. The number of carbonyl (C=O) groups is 3. The lowest BCUT2D eigenvalue weighted by atomic mass is 10.0. The van der Waals surface area contributed by atoms with Crippen molar-refractivity contribution in [1.29, 1.82) is 0 Å². The number of para-hydroxylation sites is 1. The molecule has 0 spiro atoms. The van der Waals surface area contributed by atoms with Crippen LogP contribution in [-0.4, -0.2) is 30.1 Å². The molecule has 0 bridgehead atoms. The Balaban J connectivity index is 2.34. The zero-order valence-corrected chi connectivity index (χ0v) is 12.9. The number of hydrogen-bond donors (Lipinski definition) is 1. The van der Waals surface area contributed by atoms with Crippen molar-refractivity contribution in [2.75, 3.05) is 4.90 Å². The second-order valence-electron chi connectivity index (χ2n) is 5.29. The highest BCUT2D eigenvalue weighted by Gasteiger charge is 2.40. The Morgan fingerprint density at radius 2 is 2.00 bits per heavy atom. The highest BCUT2D eigenvalue weighted by Crippen LogP contribution is 2.23. The largest absolute Gasteiger partial charge is 0.335 e. The van der Waals surface area contributed by atoms with Crippen LogP contribution in [0.4, 0.5) is 10.5 Å². The van der Waals surface area contributed by atoms with Gasteiger partial charge in [0.1, 0.15) is 0 Å². The molecule has 1 fully saturated rings. The van der Waals surface area contributed by atoms with Crippen LogP contribution in [-0.2, 0) is 9.59 Å². The normalized spacial score (nSPS) is 20.4. The number of anilines is 1. The van der Waals surface area contributed by atoms with Crippen molar-refractivity contribution in [2.45, 2.75) is 33.2 Å². The second kappa shape index (κ2) is 6.51. The first-order valence-corrected chi connectivity index (χ1v) is 7.23. The average molecular weight is 301 g/mol. The minimum Gasteiger partial charge on any atom is -0.293 e. The van der Waals surface area contributed by atoms with Gasteiger partial charge >= 0.3 is 6.03 Å². The summed E-state index contributed by atoms with van der Waals surface area (Å²) in [6.07, 6.45) is 2.14. The van der Waals surface area contributed by atoms with Gasteiger partial charge in [-0.2, -0.15) is 0 Å². The van der Waals surface area contributed by atoms with Crippen LogP contribution >= 0.6 is 0 Å². The summed E-state index contributed by atoms with van der Waals surface area (Å²) in [7, 11) is 0. The molecule has 6 heteroatoms. The van der Waals surface area contributed by atoms with Gasteiger partial charge in [-0.1, -0.05) is 25.1 Å². The molecule has 22 heavy (non-hydrogen) atoms. The Morgan fingerprint density at radius 3 is 2.64 bits per heavy atom. The molecule has 1 aliphatic heterocycles. The molecule has 2 atom stereocenters. The summed E-state index contributed by atoms with van der Waals surface area (Å²) in [6, 6.07) is 6.32. The van der Waals surface area contributed by atoms with Crippen LogP contribution in [0.3, 0.4) is 0 Å². The van der Waals surface area contributed by atoms with Crippen molar-refractivity contribution < 1.29 is 14.4 Å². The van der Waals surface area contributed by atoms with Gasteiger partial charge in [-0.15, -0.1) is 0 Å². The predicted molar refractivity (Wildman–Crippen MR) is 83.9 cm³/mol. The zero-order valence-electron chi connectivity index (χ0n) is 12.9. The molecule has 0 aromatic heterocycles. The van der Waals surface area contributed by atoms with Gasteiger partial charge in [0.25, 0.3) is 5.91 Å². The SMILES string of the molecule is CC[C@H](C)N=CC1C(=O)NC(=O)N(c2ccccc2C)C1=O. The van der Waals surface area contributed by atoms with Gasteiger partial charge in [0.15, 0.2) is 5.92 Å². The lowest BCUT2D eigenvalue weighted by Crippen LogP contribution is -2.58. The van der Waals surface area contributed by atoms with Crippen LogP contribution < -0.4 is 10.2 Å². The molecule has 1 aromatic carbocycles. The Labute approximate surface area is 129 Å². The van der Waals surface area contributed by atoms with E-state index in [0.717, 1.165) is 16.9 Å². The number of imide groups is 2. The van der Waals surface area contributed by atoms with E-state index in [-0.39, 0.29) is 6.04 Å². The number of amides is 4. The highest BCUT2D eigenvalue weighted by molar-refractivity contribution is 6.32. The number of urea groups is 1. The molecule has 0 saturated carbocycles. The van der Waals surface area contributed by atoms with Crippen molar-refractivity contribution in [3.63, 3.8) is 0 Å². The van der Waals surface area contributed by atoms with E-state index in [1.165, 1.54) is 6.21 Å². The van der Waals surface area contributed by atoms with Crippen molar-refractivity contribution in [2.24, 2.45) is 10.9 Å². The standard InChI is InChI=1S/C16H19N3O3/c1-4-11(3)17-9-12-14(20)18-16(22)19(15(12)21)13-8-6-5-7-10(13)2/h5-9,11-12H,4H2,1-3H3,(H,18,20,22)/t11-,12?/m0/s1. The molecule has 1 unspecified atom stereocenters. The molecular weight excluding hydrogens is 282 g/mol. The van der Waals surface area contributed by atoms with Gasteiger partial charge in [0.05, 0.1) is 5.69 Å². The van der Waals surface area contributed by atoms with Crippen LogP contribution in [0.15, 0.2) is 29.3 Å². The maximum absolute atomic E-state index is 12.6. The van der Waals surface area contributed by atoms with Gasteiger partial charge in [0, 0.05) is 12.3 Å². The fraction of sp³-hybridized carbons (Fsp3) is 0.375. The molecule has 1 saturated heterocycles. The van der Waals surface area contributed by atoms with Crippen molar-refractivity contribution in [3.8, 4) is 0 Å². The van der Waals surface area contributed by atoms with E-state index in [1.807, 2.05) is 19.9 Å². The van der Waals surface area contributed by atoms with Gasteiger partial charge in [-0.3, -0.25) is 19.9 Å². The molecule has 1 aromatic rings. The fourth-order valence-electron chi connectivity index (χ4n) is 2.10. The zero-order chi connectivity index (χ0) is 16.3. The molecule has 4 amide bonds. The van der Waals surface area contributed by atoms with Gasteiger partial charge in [-0.25, -0.2) is 9.69 Å². The summed E-state index contributed by atoms with van der Waals surface area (Å²) in [4.78, 5) is 41.7. The van der Waals surface area contributed by atoms with Crippen LogP contribution in [0.2, 0.25) is 0 Å². The maximum Gasteiger partial charge on any atom is 0.335 e. The summed E-state index contributed by atoms with van der Waals surface area (Å²) in [6.45, 7) is 5.66. The maximum atomic E-state index is 12.6. The summed E-state index contributed by atoms with van der Waals surface area (Å²) < 4.78 is 0. The van der Waals surface area contributed by atoms with Crippen molar-refractivity contribution in [1.82, 2.24) is 5.32 Å². The predicted octanol–water partition coefficient (Wildman–Crippen LogP) is 2.06. The second-order valence-corrected chi connectivity index (χ2v) is 5.29. The number of aliphatic imine (C=N–C) groups is 1.